The third-order valence-corrected chi connectivity index (χ3v) is 5.42. The first kappa shape index (κ1) is 16.3. The molecule has 0 bridgehead atoms. The Morgan fingerprint density at radius 1 is 1.57 bits per heavy atom. The monoisotopic (exact) mass is 351 g/mol. The average Bonchev–Trinajstić information content (AvgIpc) is 2.93. The third kappa shape index (κ3) is 3.67. The second-order valence-corrected chi connectivity index (χ2v) is 7.57. The topological polar surface area (TPSA) is 70.8 Å². The molecule has 23 heavy (non-hydrogen) atoms. The summed E-state index contributed by atoms with van der Waals surface area (Å²) in [5.74, 6) is 1.75. The minimum atomic E-state index is -0.872. The molecular formula is C16H17NO4S2. The molecule has 2 aliphatic rings. The summed E-state index contributed by atoms with van der Waals surface area (Å²) in [6.07, 6.45) is 3.28. The van der Waals surface area contributed by atoms with Crippen molar-refractivity contribution in [3.05, 3.63) is 28.6 Å². The van der Waals surface area contributed by atoms with Crippen LogP contribution >= 0.6 is 24.0 Å². The summed E-state index contributed by atoms with van der Waals surface area (Å²) >= 11 is 6.44. The zero-order valence-corrected chi connectivity index (χ0v) is 14.3. The minimum absolute atomic E-state index is 0.0250. The standard InChI is InChI=1S/C16H17NO4S2/c1-9-7-11(9)12-5-4-10(21-12)8-13-15(20)17(16(22)23-13)6-2-3-14(18)19/h4-5,8-9,11H,2-3,6-7H2,1H3,(H,18,19)/b13-8+. The predicted octanol–water partition coefficient (Wildman–Crippen LogP) is 3.47. The van der Waals surface area contributed by atoms with Crippen LogP contribution in [0.3, 0.4) is 0 Å². The van der Waals surface area contributed by atoms with Crippen LogP contribution in [0.5, 0.6) is 0 Å². The Morgan fingerprint density at radius 3 is 2.96 bits per heavy atom. The summed E-state index contributed by atoms with van der Waals surface area (Å²) in [4.78, 5) is 24.9. The second-order valence-electron chi connectivity index (χ2n) is 5.89. The number of hydrogen-bond donors (Lipinski definition) is 1. The maximum absolute atomic E-state index is 12.4. The van der Waals surface area contributed by atoms with Gasteiger partial charge in [0.1, 0.15) is 15.8 Å². The molecule has 122 valence electrons. The number of rotatable bonds is 6. The number of aliphatic carboxylic acids is 1. The summed E-state index contributed by atoms with van der Waals surface area (Å²) in [5, 5.41) is 8.67. The molecule has 1 N–H and O–H groups in total. The van der Waals surface area contributed by atoms with E-state index in [1.165, 1.54) is 16.7 Å². The highest BCUT2D eigenvalue weighted by atomic mass is 32.2. The maximum atomic E-state index is 12.4. The van der Waals surface area contributed by atoms with Gasteiger partial charge < -0.3 is 9.52 Å². The molecule has 1 aliphatic carbocycles. The van der Waals surface area contributed by atoms with E-state index in [2.05, 4.69) is 6.92 Å². The van der Waals surface area contributed by atoms with E-state index >= 15 is 0 Å². The van der Waals surface area contributed by atoms with Gasteiger partial charge in [-0.25, -0.2) is 0 Å². The summed E-state index contributed by atoms with van der Waals surface area (Å²) in [6.45, 7) is 2.52. The zero-order valence-electron chi connectivity index (χ0n) is 12.7. The molecule has 0 radical (unpaired) electrons. The van der Waals surface area contributed by atoms with Crippen LogP contribution in [0, 0.1) is 5.92 Å². The zero-order chi connectivity index (χ0) is 16.6. The average molecular weight is 351 g/mol. The number of carboxylic acids is 1. The van der Waals surface area contributed by atoms with E-state index in [4.69, 9.17) is 21.7 Å². The lowest BCUT2D eigenvalue weighted by Crippen LogP contribution is -2.29. The molecule has 2 fully saturated rings. The van der Waals surface area contributed by atoms with Crippen LogP contribution in [0.2, 0.25) is 0 Å². The van der Waals surface area contributed by atoms with Crippen molar-refractivity contribution in [2.75, 3.05) is 6.54 Å². The molecule has 2 atom stereocenters. The Labute approximate surface area is 143 Å². The Morgan fingerprint density at radius 2 is 2.30 bits per heavy atom. The summed E-state index contributed by atoms with van der Waals surface area (Å²) in [7, 11) is 0. The number of thioether (sulfide) groups is 1. The van der Waals surface area contributed by atoms with Gasteiger partial charge in [0.2, 0.25) is 0 Å². The number of carbonyl (C=O) groups is 2. The Bertz CT molecular complexity index is 694. The molecule has 3 rings (SSSR count). The van der Waals surface area contributed by atoms with Gasteiger partial charge in [-0.15, -0.1) is 0 Å². The molecule has 5 nitrogen and oxygen atoms in total. The lowest BCUT2D eigenvalue weighted by Gasteiger charge is -2.13. The van der Waals surface area contributed by atoms with Gasteiger partial charge in [0.05, 0.1) is 4.91 Å². The molecule has 2 unspecified atom stereocenters. The Balaban J connectivity index is 1.66. The molecule has 2 heterocycles. The van der Waals surface area contributed by atoms with Crippen molar-refractivity contribution in [2.45, 2.75) is 32.1 Å². The lowest BCUT2D eigenvalue weighted by molar-refractivity contribution is -0.137. The van der Waals surface area contributed by atoms with Gasteiger partial charge in [0.25, 0.3) is 5.91 Å². The number of hydrogen-bond acceptors (Lipinski definition) is 5. The molecule has 1 aromatic heterocycles. The molecule has 1 aromatic rings. The highest BCUT2D eigenvalue weighted by Gasteiger charge is 2.37. The first-order chi connectivity index (χ1) is 11.0. The number of carbonyl (C=O) groups excluding carboxylic acids is 1. The SMILES string of the molecule is CC1CC1c1ccc(/C=C2/SC(=S)N(CCCC(=O)O)C2=O)o1. The number of carboxylic acid groups (broad SMARTS) is 1. The van der Waals surface area contributed by atoms with Crippen LogP contribution in [0.15, 0.2) is 21.5 Å². The van der Waals surface area contributed by atoms with Crippen LogP contribution in [0.1, 0.15) is 43.6 Å². The number of furan rings is 1. The molecule has 1 saturated heterocycles. The third-order valence-electron chi connectivity index (χ3n) is 4.04. The first-order valence-corrected chi connectivity index (χ1v) is 8.75. The smallest absolute Gasteiger partial charge is 0.303 e. The number of thiocarbonyl (C=S) groups is 1. The van der Waals surface area contributed by atoms with Crippen molar-refractivity contribution in [2.24, 2.45) is 5.92 Å². The molecule has 0 aromatic carbocycles. The van der Waals surface area contributed by atoms with Crippen LogP contribution in [0.4, 0.5) is 0 Å². The van der Waals surface area contributed by atoms with E-state index in [0.29, 0.717) is 39.8 Å². The van der Waals surface area contributed by atoms with E-state index in [1.807, 2.05) is 12.1 Å². The molecular weight excluding hydrogens is 334 g/mol. The van der Waals surface area contributed by atoms with Crippen molar-refractivity contribution in [3.63, 3.8) is 0 Å². The van der Waals surface area contributed by atoms with Crippen molar-refractivity contribution in [1.29, 1.82) is 0 Å². The second kappa shape index (κ2) is 6.49. The molecule has 7 heteroatoms. The summed E-state index contributed by atoms with van der Waals surface area (Å²) in [6, 6.07) is 3.84. The van der Waals surface area contributed by atoms with Gasteiger partial charge in [0.15, 0.2) is 0 Å². The number of nitrogens with zero attached hydrogens (tertiary/aromatic N) is 1. The van der Waals surface area contributed by atoms with Gasteiger partial charge >= 0.3 is 5.97 Å². The van der Waals surface area contributed by atoms with Gasteiger partial charge in [0, 0.05) is 25.0 Å². The van der Waals surface area contributed by atoms with Crippen molar-refractivity contribution in [1.82, 2.24) is 4.90 Å². The predicted molar refractivity (Wildman–Crippen MR) is 92.0 cm³/mol. The first-order valence-electron chi connectivity index (χ1n) is 7.52. The summed E-state index contributed by atoms with van der Waals surface area (Å²) < 4.78 is 6.26. The van der Waals surface area contributed by atoms with E-state index in [0.717, 1.165) is 12.2 Å². The van der Waals surface area contributed by atoms with Gasteiger partial charge in [-0.2, -0.15) is 0 Å². The lowest BCUT2D eigenvalue weighted by atomic mass is 10.3. The van der Waals surface area contributed by atoms with E-state index in [1.54, 1.807) is 6.08 Å². The van der Waals surface area contributed by atoms with E-state index in [9.17, 15) is 9.59 Å². The van der Waals surface area contributed by atoms with Crippen molar-refractivity contribution in [3.8, 4) is 0 Å². The summed E-state index contributed by atoms with van der Waals surface area (Å²) in [5.41, 5.74) is 0. The highest BCUT2D eigenvalue weighted by molar-refractivity contribution is 8.26. The van der Waals surface area contributed by atoms with Crippen LogP contribution < -0.4 is 0 Å². The fraction of sp³-hybridized carbons (Fsp3) is 0.438. The van der Waals surface area contributed by atoms with E-state index < -0.39 is 5.97 Å². The van der Waals surface area contributed by atoms with Crippen molar-refractivity contribution >= 4 is 46.3 Å². The fourth-order valence-electron chi connectivity index (χ4n) is 2.57. The molecule has 1 amide bonds. The Kier molecular flexibility index (Phi) is 4.59. The van der Waals surface area contributed by atoms with Crippen molar-refractivity contribution < 1.29 is 19.1 Å². The maximum Gasteiger partial charge on any atom is 0.303 e. The quantitative estimate of drug-likeness (QED) is 0.625. The minimum Gasteiger partial charge on any atom is -0.481 e. The molecule has 0 spiro atoms. The number of amides is 1. The van der Waals surface area contributed by atoms with Gasteiger partial charge in [-0.05, 0) is 30.9 Å². The Hall–Kier alpha value is -1.60. The molecule has 1 saturated carbocycles. The normalized spacial score (nSPS) is 25.4. The van der Waals surface area contributed by atoms with Crippen LogP contribution in [-0.2, 0) is 9.59 Å². The largest absolute Gasteiger partial charge is 0.481 e. The molecule has 1 aliphatic heterocycles. The highest BCUT2D eigenvalue weighted by Crippen LogP contribution is 2.47. The van der Waals surface area contributed by atoms with Crippen LogP contribution in [-0.4, -0.2) is 32.7 Å². The van der Waals surface area contributed by atoms with Gasteiger partial charge in [-0.1, -0.05) is 30.9 Å². The van der Waals surface area contributed by atoms with Crippen LogP contribution in [0.25, 0.3) is 6.08 Å². The van der Waals surface area contributed by atoms with Gasteiger partial charge in [-0.3, -0.25) is 14.5 Å². The fourth-order valence-corrected chi connectivity index (χ4v) is 3.86. The van der Waals surface area contributed by atoms with E-state index in [-0.39, 0.29) is 12.3 Å².